The maximum atomic E-state index is 10.9. The number of carboxylic acid groups (broad SMARTS) is 1. The number of hydrogen-bond donors (Lipinski definition) is 1. The van der Waals surface area contributed by atoms with E-state index >= 15 is 0 Å². The van der Waals surface area contributed by atoms with Crippen molar-refractivity contribution in [3.05, 3.63) is 23.7 Å². The Balaban J connectivity index is 2.50. The van der Waals surface area contributed by atoms with Gasteiger partial charge in [0.2, 0.25) is 0 Å². The summed E-state index contributed by atoms with van der Waals surface area (Å²) in [6.45, 7) is 1.88. The molecule has 1 rings (SSSR count). The van der Waals surface area contributed by atoms with Crippen molar-refractivity contribution in [1.82, 2.24) is 4.90 Å². The Labute approximate surface area is 89.5 Å². The van der Waals surface area contributed by atoms with Gasteiger partial charge in [-0.2, -0.15) is 0 Å². The van der Waals surface area contributed by atoms with E-state index < -0.39 is 12.0 Å². The van der Waals surface area contributed by atoms with Crippen molar-refractivity contribution in [3.8, 4) is 0 Å². The summed E-state index contributed by atoms with van der Waals surface area (Å²) in [5.41, 5.74) is 0. The van der Waals surface area contributed by atoms with Crippen molar-refractivity contribution in [2.45, 2.75) is 25.8 Å². The Morgan fingerprint density at radius 3 is 2.60 bits per heavy atom. The topological polar surface area (TPSA) is 53.7 Å². The zero-order valence-electron chi connectivity index (χ0n) is 9.36. The van der Waals surface area contributed by atoms with Gasteiger partial charge in [-0.25, -0.2) is 0 Å². The Hall–Kier alpha value is -1.29. The summed E-state index contributed by atoms with van der Waals surface area (Å²) in [7, 11) is 3.54. The third kappa shape index (κ3) is 3.40. The largest absolute Gasteiger partial charge is 0.480 e. The molecule has 0 aromatic carbocycles. The molecular weight excluding hydrogens is 194 g/mol. The number of likely N-dealkylation sites (N-methyl/N-ethyl adjacent to an activating group) is 1. The van der Waals surface area contributed by atoms with Crippen LogP contribution in [0.3, 0.4) is 0 Å². The average molecular weight is 211 g/mol. The quantitative estimate of drug-likeness (QED) is 0.802. The van der Waals surface area contributed by atoms with Gasteiger partial charge in [-0.05, 0) is 39.6 Å². The van der Waals surface area contributed by atoms with Gasteiger partial charge in [0.1, 0.15) is 17.6 Å². The van der Waals surface area contributed by atoms with Gasteiger partial charge in [0.25, 0.3) is 0 Å². The standard InChI is InChI=1S/C11H17NO3/c1-8-4-5-9(15-8)6-7-10(11(13)14)12(2)3/h4-5,10H,6-7H2,1-3H3,(H,13,14). The number of rotatable bonds is 5. The Bertz CT molecular complexity index is 330. The molecule has 1 atom stereocenters. The average Bonchev–Trinajstić information content (AvgIpc) is 2.50. The smallest absolute Gasteiger partial charge is 0.320 e. The summed E-state index contributed by atoms with van der Waals surface area (Å²) < 4.78 is 5.38. The van der Waals surface area contributed by atoms with Crippen LogP contribution in [0, 0.1) is 6.92 Å². The molecule has 0 aliphatic carbocycles. The molecule has 0 spiro atoms. The molecule has 1 heterocycles. The fraction of sp³-hybridized carbons (Fsp3) is 0.545. The highest BCUT2D eigenvalue weighted by Gasteiger charge is 2.19. The molecule has 0 saturated heterocycles. The second-order valence-electron chi connectivity index (χ2n) is 3.87. The van der Waals surface area contributed by atoms with Gasteiger partial charge in [0, 0.05) is 6.42 Å². The van der Waals surface area contributed by atoms with Crippen LogP contribution < -0.4 is 0 Å². The van der Waals surface area contributed by atoms with E-state index in [9.17, 15) is 4.79 Å². The predicted octanol–water partition coefficient (Wildman–Crippen LogP) is 1.54. The van der Waals surface area contributed by atoms with Gasteiger partial charge in [0.05, 0.1) is 0 Å². The van der Waals surface area contributed by atoms with Crippen LogP contribution in [0.25, 0.3) is 0 Å². The molecule has 0 aliphatic heterocycles. The number of furan rings is 1. The summed E-state index contributed by atoms with van der Waals surface area (Å²) >= 11 is 0. The van der Waals surface area contributed by atoms with Crippen molar-refractivity contribution in [2.75, 3.05) is 14.1 Å². The van der Waals surface area contributed by atoms with Gasteiger partial charge in [-0.15, -0.1) is 0 Å². The Kier molecular flexibility index (Phi) is 3.91. The zero-order valence-corrected chi connectivity index (χ0v) is 9.36. The first-order valence-electron chi connectivity index (χ1n) is 4.95. The monoisotopic (exact) mass is 211 g/mol. The molecule has 0 amide bonds. The number of aliphatic carboxylic acids is 1. The second kappa shape index (κ2) is 4.98. The fourth-order valence-electron chi connectivity index (χ4n) is 1.50. The van der Waals surface area contributed by atoms with Crippen LogP contribution in [-0.2, 0) is 11.2 Å². The highest BCUT2D eigenvalue weighted by atomic mass is 16.4. The minimum absolute atomic E-state index is 0.449. The molecule has 1 aromatic heterocycles. The third-order valence-corrected chi connectivity index (χ3v) is 2.37. The fourth-order valence-corrected chi connectivity index (χ4v) is 1.50. The molecule has 1 unspecified atom stereocenters. The van der Waals surface area contributed by atoms with Crippen LogP contribution in [0.1, 0.15) is 17.9 Å². The molecule has 4 heteroatoms. The number of aryl methyl sites for hydroxylation is 2. The first-order valence-corrected chi connectivity index (χ1v) is 4.95. The SMILES string of the molecule is Cc1ccc(CCC(C(=O)O)N(C)C)o1. The van der Waals surface area contributed by atoms with Crippen LogP contribution in [0.15, 0.2) is 16.5 Å². The van der Waals surface area contributed by atoms with E-state index in [-0.39, 0.29) is 0 Å². The van der Waals surface area contributed by atoms with Gasteiger partial charge >= 0.3 is 5.97 Å². The molecule has 0 bridgehead atoms. The number of carboxylic acids is 1. The maximum absolute atomic E-state index is 10.9. The lowest BCUT2D eigenvalue weighted by molar-refractivity contribution is -0.142. The summed E-state index contributed by atoms with van der Waals surface area (Å²) in [5, 5.41) is 8.95. The highest BCUT2D eigenvalue weighted by molar-refractivity contribution is 5.73. The number of hydrogen-bond acceptors (Lipinski definition) is 3. The van der Waals surface area contributed by atoms with Gasteiger partial charge in [-0.1, -0.05) is 0 Å². The van der Waals surface area contributed by atoms with E-state index in [0.717, 1.165) is 11.5 Å². The van der Waals surface area contributed by atoms with E-state index in [1.807, 2.05) is 19.1 Å². The summed E-state index contributed by atoms with van der Waals surface area (Å²) in [5.74, 6) is 0.922. The lowest BCUT2D eigenvalue weighted by atomic mass is 10.1. The molecule has 15 heavy (non-hydrogen) atoms. The normalized spacial score (nSPS) is 13.1. The summed E-state index contributed by atoms with van der Waals surface area (Å²) in [6.07, 6.45) is 1.22. The van der Waals surface area contributed by atoms with Gasteiger partial charge in [-0.3, -0.25) is 9.69 Å². The predicted molar refractivity (Wildman–Crippen MR) is 56.9 cm³/mol. The molecule has 1 aromatic rings. The number of nitrogens with zero attached hydrogens (tertiary/aromatic N) is 1. The van der Waals surface area contributed by atoms with Crippen molar-refractivity contribution >= 4 is 5.97 Å². The molecule has 0 aliphatic rings. The molecule has 84 valence electrons. The lowest BCUT2D eigenvalue weighted by Gasteiger charge is -2.19. The van der Waals surface area contributed by atoms with Crippen LogP contribution in [-0.4, -0.2) is 36.1 Å². The molecule has 0 fully saturated rings. The minimum Gasteiger partial charge on any atom is -0.480 e. The molecule has 1 N–H and O–H groups in total. The van der Waals surface area contributed by atoms with Crippen LogP contribution in [0.2, 0.25) is 0 Å². The minimum atomic E-state index is -0.789. The molecular formula is C11H17NO3. The molecule has 0 saturated carbocycles. The van der Waals surface area contributed by atoms with Crippen molar-refractivity contribution in [3.63, 3.8) is 0 Å². The Morgan fingerprint density at radius 1 is 1.53 bits per heavy atom. The van der Waals surface area contributed by atoms with E-state index in [4.69, 9.17) is 9.52 Å². The number of carbonyl (C=O) groups is 1. The summed E-state index contributed by atoms with van der Waals surface area (Å²) in [4.78, 5) is 12.6. The molecule has 4 nitrogen and oxygen atoms in total. The van der Waals surface area contributed by atoms with Crippen molar-refractivity contribution in [2.24, 2.45) is 0 Å². The van der Waals surface area contributed by atoms with Crippen molar-refractivity contribution in [1.29, 1.82) is 0 Å². The van der Waals surface area contributed by atoms with E-state index in [1.165, 1.54) is 0 Å². The first kappa shape index (κ1) is 11.8. The highest BCUT2D eigenvalue weighted by Crippen LogP contribution is 2.11. The van der Waals surface area contributed by atoms with E-state index in [2.05, 4.69) is 0 Å². The molecule has 0 radical (unpaired) electrons. The lowest BCUT2D eigenvalue weighted by Crippen LogP contribution is -2.35. The van der Waals surface area contributed by atoms with Crippen LogP contribution in [0.5, 0.6) is 0 Å². The Morgan fingerprint density at radius 2 is 2.20 bits per heavy atom. The summed E-state index contributed by atoms with van der Waals surface area (Å²) in [6, 6.07) is 3.33. The van der Waals surface area contributed by atoms with Gasteiger partial charge in [0.15, 0.2) is 0 Å². The maximum Gasteiger partial charge on any atom is 0.320 e. The second-order valence-corrected chi connectivity index (χ2v) is 3.87. The first-order chi connectivity index (χ1) is 7.00. The zero-order chi connectivity index (χ0) is 11.4. The van der Waals surface area contributed by atoms with Crippen LogP contribution >= 0.6 is 0 Å². The van der Waals surface area contributed by atoms with Crippen LogP contribution in [0.4, 0.5) is 0 Å². The van der Waals surface area contributed by atoms with Crippen molar-refractivity contribution < 1.29 is 14.3 Å². The third-order valence-electron chi connectivity index (χ3n) is 2.37. The van der Waals surface area contributed by atoms with E-state index in [1.54, 1.807) is 19.0 Å². The van der Waals surface area contributed by atoms with E-state index in [0.29, 0.717) is 12.8 Å². The van der Waals surface area contributed by atoms with Gasteiger partial charge < -0.3 is 9.52 Å².